The quantitative estimate of drug-likeness (QED) is 0.661. The van der Waals surface area contributed by atoms with Gasteiger partial charge < -0.3 is 4.57 Å². The van der Waals surface area contributed by atoms with Crippen molar-refractivity contribution in [2.45, 2.75) is 26.3 Å². The van der Waals surface area contributed by atoms with E-state index in [0.29, 0.717) is 0 Å². The molecule has 0 spiro atoms. The van der Waals surface area contributed by atoms with Crippen molar-refractivity contribution in [2.75, 3.05) is 0 Å². The number of fused-ring (bicyclic) bond motifs is 3. The van der Waals surface area contributed by atoms with Crippen LogP contribution in [0.1, 0.15) is 29.5 Å². The van der Waals surface area contributed by atoms with Gasteiger partial charge in [-0.2, -0.15) is 0 Å². The van der Waals surface area contributed by atoms with Crippen molar-refractivity contribution in [3.63, 3.8) is 0 Å². The Morgan fingerprint density at radius 2 is 2.33 bits per heavy atom. The van der Waals surface area contributed by atoms with Gasteiger partial charge in [-0.3, -0.25) is 4.79 Å². The van der Waals surface area contributed by atoms with Crippen LogP contribution in [0, 0.1) is 0 Å². The van der Waals surface area contributed by atoms with Crippen molar-refractivity contribution in [1.29, 1.82) is 0 Å². The van der Waals surface area contributed by atoms with Crippen LogP contribution >= 0.6 is 0 Å². The van der Waals surface area contributed by atoms with E-state index in [2.05, 4.69) is 9.55 Å². The number of ketones is 1. The number of carbonyl (C=O) groups is 1. The largest absolute Gasteiger partial charge is 0.328 e. The molecule has 15 heavy (non-hydrogen) atoms. The molecule has 0 radical (unpaired) electrons. The summed E-state index contributed by atoms with van der Waals surface area (Å²) in [6, 6.07) is 5.75. The Kier molecular flexibility index (Phi) is 1.69. The first-order chi connectivity index (χ1) is 7.25. The average Bonchev–Trinajstić information content (AvgIpc) is 2.75. The van der Waals surface area contributed by atoms with E-state index < -0.39 is 0 Å². The van der Waals surface area contributed by atoms with Crippen molar-refractivity contribution in [3.8, 4) is 0 Å². The Labute approximate surface area is 87.7 Å². The monoisotopic (exact) mass is 200 g/mol. The standard InChI is InChI=1S/C12H12N2O/c1-8(15)9-4-5-10-11(7-9)14-6-2-3-12(14)13-10/h4-5,7H,2-3,6H2,1H3. The van der Waals surface area contributed by atoms with E-state index in [1.165, 1.54) is 6.42 Å². The highest BCUT2D eigenvalue weighted by Gasteiger charge is 2.16. The molecule has 2 aromatic rings. The molecule has 1 aromatic carbocycles. The number of hydrogen-bond acceptors (Lipinski definition) is 2. The first kappa shape index (κ1) is 8.65. The van der Waals surface area contributed by atoms with Gasteiger partial charge in [0.15, 0.2) is 5.78 Å². The number of benzene rings is 1. The van der Waals surface area contributed by atoms with Gasteiger partial charge in [0.1, 0.15) is 5.82 Å². The van der Waals surface area contributed by atoms with Crippen LogP contribution in [0.3, 0.4) is 0 Å². The molecule has 1 aliphatic heterocycles. The molecule has 0 unspecified atom stereocenters. The fraction of sp³-hybridized carbons (Fsp3) is 0.333. The second-order valence-corrected chi connectivity index (χ2v) is 4.04. The fourth-order valence-corrected chi connectivity index (χ4v) is 2.23. The van der Waals surface area contributed by atoms with E-state index in [1.54, 1.807) is 6.92 Å². The van der Waals surface area contributed by atoms with Crippen molar-refractivity contribution in [3.05, 3.63) is 29.6 Å². The maximum Gasteiger partial charge on any atom is 0.159 e. The summed E-state index contributed by atoms with van der Waals surface area (Å²) in [5.41, 5.74) is 2.89. The number of rotatable bonds is 1. The highest BCUT2D eigenvalue weighted by molar-refractivity contribution is 5.97. The Morgan fingerprint density at radius 1 is 1.47 bits per heavy atom. The Bertz CT molecular complexity index is 554. The van der Waals surface area contributed by atoms with Gasteiger partial charge in [-0.1, -0.05) is 0 Å². The molecule has 3 nitrogen and oxygen atoms in total. The van der Waals surface area contributed by atoms with Crippen LogP contribution in [0.25, 0.3) is 11.0 Å². The number of aromatic nitrogens is 2. The number of carbonyl (C=O) groups excluding carboxylic acids is 1. The molecule has 1 aromatic heterocycles. The minimum Gasteiger partial charge on any atom is -0.328 e. The molecule has 1 aliphatic rings. The molecule has 0 N–H and O–H groups in total. The fourth-order valence-electron chi connectivity index (χ4n) is 2.23. The lowest BCUT2D eigenvalue weighted by molar-refractivity contribution is 0.101. The molecule has 0 saturated carbocycles. The van der Waals surface area contributed by atoms with Crippen LogP contribution in [0.15, 0.2) is 18.2 Å². The lowest BCUT2D eigenvalue weighted by Crippen LogP contribution is -1.95. The predicted octanol–water partition coefficient (Wildman–Crippen LogP) is 2.19. The molecule has 3 heteroatoms. The summed E-state index contributed by atoms with van der Waals surface area (Å²) in [7, 11) is 0. The van der Waals surface area contributed by atoms with Gasteiger partial charge in [-0.25, -0.2) is 4.98 Å². The third-order valence-electron chi connectivity index (χ3n) is 3.02. The molecule has 0 fully saturated rings. The van der Waals surface area contributed by atoms with E-state index in [-0.39, 0.29) is 5.78 Å². The highest BCUT2D eigenvalue weighted by Crippen LogP contribution is 2.23. The van der Waals surface area contributed by atoms with Gasteiger partial charge in [-0.05, 0) is 31.5 Å². The van der Waals surface area contributed by atoms with Gasteiger partial charge in [0, 0.05) is 18.5 Å². The Hall–Kier alpha value is -1.64. The first-order valence-electron chi connectivity index (χ1n) is 5.26. The molecule has 0 aliphatic carbocycles. The SMILES string of the molecule is CC(=O)c1ccc2nc3n(c2c1)CCC3. The molecule has 0 amide bonds. The summed E-state index contributed by atoms with van der Waals surface area (Å²) in [6.45, 7) is 2.63. The predicted molar refractivity (Wildman–Crippen MR) is 58.1 cm³/mol. The van der Waals surface area contributed by atoms with Crippen molar-refractivity contribution >= 4 is 16.8 Å². The normalized spacial score (nSPS) is 14.5. The third kappa shape index (κ3) is 1.19. The summed E-state index contributed by atoms with van der Waals surface area (Å²) in [5.74, 6) is 1.27. The van der Waals surface area contributed by atoms with Gasteiger partial charge in [0.2, 0.25) is 0 Å². The number of Topliss-reactive ketones (excluding diaryl/α,β-unsaturated/α-hetero) is 1. The van der Waals surface area contributed by atoms with Crippen LogP contribution in [0.4, 0.5) is 0 Å². The van der Waals surface area contributed by atoms with Crippen LogP contribution in [0.2, 0.25) is 0 Å². The van der Waals surface area contributed by atoms with E-state index >= 15 is 0 Å². The Morgan fingerprint density at radius 3 is 3.13 bits per heavy atom. The third-order valence-corrected chi connectivity index (χ3v) is 3.02. The smallest absolute Gasteiger partial charge is 0.159 e. The zero-order valence-electron chi connectivity index (χ0n) is 8.66. The van der Waals surface area contributed by atoms with Crippen LogP contribution < -0.4 is 0 Å². The lowest BCUT2D eigenvalue weighted by atomic mass is 10.1. The molecule has 0 saturated heterocycles. The number of aryl methyl sites for hydroxylation is 2. The van der Waals surface area contributed by atoms with Crippen LogP contribution in [-0.2, 0) is 13.0 Å². The second-order valence-electron chi connectivity index (χ2n) is 4.04. The molecule has 0 atom stereocenters. The Balaban J connectivity index is 2.29. The number of nitrogens with zero attached hydrogens (tertiary/aromatic N) is 2. The van der Waals surface area contributed by atoms with E-state index in [4.69, 9.17) is 0 Å². The van der Waals surface area contributed by atoms with Crippen LogP contribution in [0.5, 0.6) is 0 Å². The van der Waals surface area contributed by atoms with Crippen molar-refractivity contribution < 1.29 is 4.79 Å². The van der Waals surface area contributed by atoms with Gasteiger partial charge in [0.25, 0.3) is 0 Å². The molecular formula is C12H12N2O. The van der Waals surface area contributed by atoms with E-state index in [9.17, 15) is 4.79 Å². The minimum atomic E-state index is 0.116. The lowest BCUT2D eigenvalue weighted by Gasteiger charge is -1.99. The average molecular weight is 200 g/mol. The topological polar surface area (TPSA) is 34.9 Å². The maximum absolute atomic E-state index is 11.3. The summed E-state index contributed by atoms with van der Waals surface area (Å²) < 4.78 is 2.22. The summed E-state index contributed by atoms with van der Waals surface area (Å²) in [5, 5.41) is 0. The summed E-state index contributed by atoms with van der Waals surface area (Å²) in [4.78, 5) is 15.8. The zero-order chi connectivity index (χ0) is 10.4. The minimum absolute atomic E-state index is 0.116. The molecule has 3 rings (SSSR count). The van der Waals surface area contributed by atoms with Gasteiger partial charge >= 0.3 is 0 Å². The number of imidazole rings is 1. The van der Waals surface area contributed by atoms with Crippen LogP contribution in [-0.4, -0.2) is 15.3 Å². The zero-order valence-corrected chi connectivity index (χ0v) is 8.66. The van der Waals surface area contributed by atoms with Gasteiger partial charge in [0.05, 0.1) is 11.0 Å². The highest BCUT2D eigenvalue weighted by atomic mass is 16.1. The maximum atomic E-state index is 11.3. The van der Waals surface area contributed by atoms with E-state index in [0.717, 1.165) is 35.4 Å². The summed E-state index contributed by atoms with van der Waals surface area (Å²) in [6.07, 6.45) is 2.23. The van der Waals surface area contributed by atoms with Crippen molar-refractivity contribution in [1.82, 2.24) is 9.55 Å². The van der Waals surface area contributed by atoms with Gasteiger partial charge in [-0.15, -0.1) is 0 Å². The van der Waals surface area contributed by atoms with Crippen molar-refractivity contribution in [2.24, 2.45) is 0 Å². The molecular weight excluding hydrogens is 188 g/mol. The molecule has 0 bridgehead atoms. The molecule has 76 valence electrons. The van der Waals surface area contributed by atoms with E-state index in [1.807, 2.05) is 18.2 Å². The second kappa shape index (κ2) is 2.92. The summed E-state index contributed by atoms with van der Waals surface area (Å²) >= 11 is 0. The first-order valence-corrected chi connectivity index (χ1v) is 5.26. The molecule has 2 heterocycles. The number of hydrogen-bond donors (Lipinski definition) is 0.